The standard InChI is InChI=1S/C16H15F3N2O3S/c1-21(25(2,23)24)14-6-4-3-5-13(14)15(22)20-12-9-7-11(8-10-12)16(17,18)19/h3-10H,1-2H3,(H,20,22). The summed E-state index contributed by atoms with van der Waals surface area (Å²) in [6, 6.07) is 9.98. The first-order valence-electron chi connectivity index (χ1n) is 7.01. The van der Waals surface area contributed by atoms with Crippen molar-refractivity contribution in [1.82, 2.24) is 0 Å². The van der Waals surface area contributed by atoms with Crippen molar-refractivity contribution in [2.24, 2.45) is 0 Å². The molecular formula is C16H15F3N2O3S. The second kappa shape index (κ2) is 6.75. The van der Waals surface area contributed by atoms with E-state index in [0.717, 1.165) is 34.8 Å². The summed E-state index contributed by atoms with van der Waals surface area (Å²) in [6.07, 6.45) is -3.47. The normalized spacial score (nSPS) is 11.9. The third kappa shape index (κ3) is 4.50. The van der Waals surface area contributed by atoms with Gasteiger partial charge in [-0.1, -0.05) is 12.1 Å². The average Bonchev–Trinajstić information content (AvgIpc) is 2.53. The third-order valence-electron chi connectivity index (χ3n) is 3.46. The molecule has 0 saturated carbocycles. The highest BCUT2D eigenvalue weighted by Crippen LogP contribution is 2.30. The predicted octanol–water partition coefficient (Wildman–Crippen LogP) is 3.35. The van der Waals surface area contributed by atoms with E-state index in [-0.39, 0.29) is 16.9 Å². The minimum atomic E-state index is -4.46. The molecule has 0 spiro atoms. The van der Waals surface area contributed by atoms with Crippen LogP contribution in [0.4, 0.5) is 24.5 Å². The van der Waals surface area contributed by atoms with Gasteiger partial charge in [0.2, 0.25) is 10.0 Å². The fourth-order valence-corrected chi connectivity index (χ4v) is 2.58. The molecule has 0 aliphatic rings. The van der Waals surface area contributed by atoms with Crippen LogP contribution in [-0.4, -0.2) is 27.6 Å². The summed E-state index contributed by atoms with van der Waals surface area (Å²) in [4.78, 5) is 12.4. The maximum atomic E-state index is 12.6. The zero-order chi connectivity index (χ0) is 18.8. The molecule has 0 bridgehead atoms. The quantitative estimate of drug-likeness (QED) is 0.895. The minimum absolute atomic E-state index is 0.0790. The number of benzene rings is 2. The van der Waals surface area contributed by atoms with Gasteiger partial charge in [-0.2, -0.15) is 13.2 Å². The summed E-state index contributed by atoms with van der Waals surface area (Å²) in [5.41, 5.74) is -0.428. The molecule has 1 N–H and O–H groups in total. The molecule has 0 aromatic heterocycles. The topological polar surface area (TPSA) is 66.5 Å². The van der Waals surface area contributed by atoms with Gasteiger partial charge in [0.25, 0.3) is 5.91 Å². The first kappa shape index (κ1) is 18.8. The van der Waals surface area contributed by atoms with Crippen LogP contribution in [0.1, 0.15) is 15.9 Å². The Kier molecular flexibility index (Phi) is 5.07. The average molecular weight is 372 g/mol. The van der Waals surface area contributed by atoms with Crippen molar-refractivity contribution in [3.63, 3.8) is 0 Å². The largest absolute Gasteiger partial charge is 0.416 e. The number of anilines is 2. The molecule has 2 aromatic carbocycles. The van der Waals surface area contributed by atoms with Crippen LogP contribution in [-0.2, 0) is 16.2 Å². The number of para-hydroxylation sites is 1. The van der Waals surface area contributed by atoms with E-state index >= 15 is 0 Å². The van der Waals surface area contributed by atoms with Crippen LogP contribution in [0.15, 0.2) is 48.5 Å². The smallest absolute Gasteiger partial charge is 0.322 e. The Morgan fingerprint density at radius 2 is 1.60 bits per heavy atom. The SMILES string of the molecule is CN(c1ccccc1C(=O)Nc1ccc(C(F)(F)F)cc1)S(C)(=O)=O. The molecule has 2 aromatic rings. The second-order valence-electron chi connectivity index (χ2n) is 5.28. The molecule has 0 aliphatic heterocycles. The molecular weight excluding hydrogens is 357 g/mol. The highest BCUT2D eigenvalue weighted by atomic mass is 32.2. The van der Waals surface area contributed by atoms with Crippen molar-refractivity contribution < 1.29 is 26.4 Å². The number of alkyl halides is 3. The zero-order valence-electron chi connectivity index (χ0n) is 13.3. The van der Waals surface area contributed by atoms with Gasteiger partial charge in [-0.3, -0.25) is 9.10 Å². The number of sulfonamides is 1. The number of hydrogen-bond donors (Lipinski definition) is 1. The molecule has 0 fully saturated rings. The number of halogens is 3. The highest BCUT2D eigenvalue weighted by Gasteiger charge is 2.30. The minimum Gasteiger partial charge on any atom is -0.322 e. The molecule has 5 nitrogen and oxygen atoms in total. The van der Waals surface area contributed by atoms with E-state index in [1.54, 1.807) is 12.1 Å². The monoisotopic (exact) mass is 372 g/mol. The van der Waals surface area contributed by atoms with Gasteiger partial charge in [-0.25, -0.2) is 8.42 Å². The van der Waals surface area contributed by atoms with Gasteiger partial charge in [0, 0.05) is 12.7 Å². The van der Waals surface area contributed by atoms with Crippen molar-refractivity contribution in [2.45, 2.75) is 6.18 Å². The third-order valence-corrected chi connectivity index (χ3v) is 4.65. The summed E-state index contributed by atoms with van der Waals surface area (Å²) in [6.45, 7) is 0. The van der Waals surface area contributed by atoms with Crippen LogP contribution in [0.25, 0.3) is 0 Å². The summed E-state index contributed by atoms with van der Waals surface area (Å²) in [7, 11) is -2.27. The van der Waals surface area contributed by atoms with E-state index in [1.807, 2.05) is 0 Å². The fraction of sp³-hybridized carbons (Fsp3) is 0.188. The molecule has 0 unspecified atom stereocenters. The maximum Gasteiger partial charge on any atom is 0.416 e. The lowest BCUT2D eigenvalue weighted by Gasteiger charge is -2.19. The second-order valence-corrected chi connectivity index (χ2v) is 7.29. The Morgan fingerprint density at radius 1 is 1.04 bits per heavy atom. The van der Waals surface area contributed by atoms with Crippen molar-refractivity contribution in [1.29, 1.82) is 0 Å². The van der Waals surface area contributed by atoms with Crippen LogP contribution in [0, 0.1) is 0 Å². The van der Waals surface area contributed by atoms with Crippen LogP contribution >= 0.6 is 0 Å². The summed E-state index contributed by atoms with van der Waals surface area (Å²) in [5, 5.41) is 2.46. The molecule has 9 heteroatoms. The lowest BCUT2D eigenvalue weighted by atomic mass is 10.1. The lowest BCUT2D eigenvalue weighted by Crippen LogP contribution is -2.27. The van der Waals surface area contributed by atoms with Gasteiger partial charge in [-0.05, 0) is 36.4 Å². The van der Waals surface area contributed by atoms with Gasteiger partial charge in [-0.15, -0.1) is 0 Å². The van der Waals surface area contributed by atoms with Gasteiger partial charge in [0.05, 0.1) is 23.1 Å². The van der Waals surface area contributed by atoms with E-state index in [2.05, 4.69) is 5.32 Å². The number of hydrogen-bond acceptors (Lipinski definition) is 3. The molecule has 2 rings (SSSR count). The van der Waals surface area contributed by atoms with Gasteiger partial charge < -0.3 is 5.32 Å². The summed E-state index contributed by atoms with van der Waals surface area (Å²) in [5.74, 6) is -0.633. The summed E-state index contributed by atoms with van der Waals surface area (Å²) >= 11 is 0. The Hall–Kier alpha value is -2.55. The number of carbonyl (C=O) groups excluding carboxylic acids is 1. The van der Waals surface area contributed by atoms with Crippen LogP contribution < -0.4 is 9.62 Å². The first-order chi connectivity index (χ1) is 11.5. The maximum absolute atomic E-state index is 12.6. The number of nitrogens with zero attached hydrogens (tertiary/aromatic N) is 1. The number of nitrogens with one attached hydrogen (secondary N) is 1. The first-order valence-corrected chi connectivity index (χ1v) is 8.86. The molecule has 25 heavy (non-hydrogen) atoms. The number of carbonyl (C=O) groups is 1. The van der Waals surface area contributed by atoms with Crippen molar-refractivity contribution in [3.05, 3.63) is 59.7 Å². The number of amides is 1. The van der Waals surface area contributed by atoms with E-state index in [4.69, 9.17) is 0 Å². The van der Waals surface area contributed by atoms with E-state index in [0.29, 0.717) is 0 Å². The molecule has 0 aliphatic carbocycles. The summed E-state index contributed by atoms with van der Waals surface area (Å²) < 4.78 is 62.0. The molecule has 0 heterocycles. The molecule has 0 saturated heterocycles. The van der Waals surface area contributed by atoms with Gasteiger partial charge in [0.15, 0.2) is 0 Å². The van der Waals surface area contributed by atoms with Crippen LogP contribution in [0.2, 0.25) is 0 Å². The van der Waals surface area contributed by atoms with E-state index in [1.165, 1.54) is 19.2 Å². The fourth-order valence-electron chi connectivity index (χ4n) is 2.06. The lowest BCUT2D eigenvalue weighted by molar-refractivity contribution is -0.137. The molecule has 0 atom stereocenters. The van der Waals surface area contributed by atoms with Gasteiger partial charge >= 0.3 is 6.18 Å². The predicted molar refractivity (Wildman–Crippen MR) is 89.1 cm³/mol. The molecule has 0 radical (unpaired) electrons. The van der Waals surface area contributed by atoms with Crippen molar-refractivity contribution in [3.8, 4) is 0 Å². The Labute approximate surface area is 143 Å². The van der Waals surface area contributed by atoms with Crippen molar-refractivity contribution in [2.75, 3.05) is 22.9 Å². The van der Waals surface area contributed by atoms with Crippen molar-refractivity contribution >= 4 is 27.3 Å². The number of rotatable bonds is 4. The van der Waals surface area contributed by atoms with Crippen LogP contribution in [0.5, 0.6) is 0 Å². The Morgan fingerprint density at radius 3 is 2.12 bits per heavy atom. The molecule has 1 amide bonds. The molecule has 134 valence electrons. The van der Waals surface area contributed by atoms with Gasteiger partial charge in [0.1, 0.15) is 0 Å². The van der Waals surface area contributed by atoms with Crippen LogP contribution in [0.3, 0.4) is 0 Å². The Bertz CT molecular complexity index is 878. The zero-order valence-corrected chi connectivity index (χ0v) is 14.1. The van der Waals surface area contributed by atoms with E-state index in [9.17, 15) is 26.4 Å². The van der Waals surface area contributed by atoms with E-state index < -0.39 is 27.7 Å². The highest BCUT2D eigenvalue weighted by molar-refractivity contribution is 7.92. The Balaban J connectivity index is 2.28.